The van der Waals surface area contributed by atoms with Crippen LogP contribution in [0.15, 0.2) is 47.3 Å². The first-order valence-corrected chi connectivity index (χ1v) is 11.1. The van der Waals surface area contributed by atoms with Crippen LogP contribution in [0.5, 0.6) is 0 Å². The molecule has 0 spiro atoms. The number of fused-ring (bicyclic) bond motifs is 3. The van der Waals surface area contributed by atoms with Gasteiger partial charge < -0.3 is 10.2 Å². The second-order valence-electron chi connectivity index (χ2n) is 7.34. The van der Waals surface area contributed by atoms with Crippen molar-refractivity contribution in [3.63, 3.8) is 0 Å². The molecule has 0 radical (unpaired) electrons. The first-order valence-electron chi connectivity index (χ1n) is 10.7. The lowest BCUT2D eigenvalue weighted by molar-refractivity contribution is 0.0773. The Morgan fingerprint density at radius 1 is 1.09 bits per heavy atom. The minimum absolute atomic E-state index is 0.0808. The quantitative estimate of drug-likeness (QED) is 0.461. The number of aryl methyl sites for hydroxylation is 1. The van der Waals surface area contributed by atoms with Crippen molar-refractivity contribution in [1.82, 2.24) is 24.1 Å². The maximum absolute atomic E-state index is 12.8. The Labute approximate surface area is 190 Å². The van der Waals surface area contributed by atoms with E-state index < -0.39 is 0 Å². The van der Waals surface area contributed by atoms with Crippen molar-refractivity contribution in [2.45, 2.75) is 33.9 Å². The minimum Gasteiger partial charge on any atom is -0.378 e. The van der Waals surface area contributed by atoms with E-state index in [1.165, 1.54) is 0 Å². The predicted octanol–water partition coefficient (Wildman–Crippen LogP) is 3.81. The van der Waals surface area contributed by atoms with E-state index in [0.717, 1.165) is 11.2 Å². The molecule has 8 nitrogen and oxygen atoms in total. The maximum atomic E-state index is 12.8. The van der Waals surface area contributed by atoms with Gasteiger partial charge >= 0.3 is 0 Å². The Kier molecular flexibility index (Phi) is 6.14. The second kappa shape index (κ2) is 9.00. The normalized spacial score (nSPS) is 11.2. The van der Waals surface area contributed by atoms with Gasteiger partial charge in [-0.1, -0.05) is 23.7 Å². The molecule has 2 heterocycles. The van der Waals surface area contributed by atoms with Crippen LogP contribution in [0.4, 0.5) is 5.69 Å². The number of hydrogen-bond donors (Lipinski definition) is 1. The standard InChI is InChI=1S/C23H25ClN6O2/c1-4-28(5-2)21(31)16-12-11-15(13-18(16)24)25-14-20-26-27-23-29(6-3)22(32)17-9-7-8-10-19(17)30(20)23/h7-13,25H,4-6,14H2,1-3H3. The smallest absolute Gasteiger partial charge is 0.262 e. The van der Waals surface area contributed by atoms with E-state index in [4.69, 9.17) is 11.6 Å². The van der Waals surface area contributed by atoms with Crippen molar-refractivity contribution in [1.29, 1.82) is 0 Å². The highest BCUT2D eigenvalue weighted by molar-refractivity contribution is 6.34. The lowest BCUT2D eigenvalue weighted by atomic mass is 10.1. The number of carbonyl (C=O) groups excluding carboxylic acids is 1. The number of aromatic nitrogens is 4. The number of amides is 1. The lowest BCUT2D eigenvalue weighted by Crippen LogP contribution is -2.30. The zero-order chi connectivity index (χ0) is 22.8. The molecule has 9 heteroatoms. The average molecular weight is 453 g/mol. The summed E-state index contributed by atoms with van der Waals surface area (Å²) in [6.45, 7) is 7.91. The summed E-state index contributed by atoms with van der Waals surface area (Å²) in [6, 6.07) is 12.7. The molecule has 0 atom stereocenters. The van der Waals surface area contributed by atoms with Crippen LogP contribution in [-0.4, -0.2) is 43.1 Å². The molecule has 0 unspecified atom stereocenters. The molecule has 0 aliphatic heterocycles. The van der Waals surface area contributed by atoms with Crippen LogP contribution in [0.1, 0.15) is 37.0 Å². The summed E-state index contributed by atoms with van der Waals surface area (Å²) in [5.41, 5.74) is 1.92. The number of nitrogens with zero attached hydrogens (tertiary/aromatic N) is 5. The summed E-state index contributed by atoms with van der Waals surface area (Å²) >= 11 is 6.41. The number of carbonyl (C=O) groups is 1. The lowest BCUT2D eigenvalue weighted by Gasteiger charge is -2.19. The zero-order valence-electron chi connectivity index (χ0n) is 18.3. The molecule has 32 heavy (non-hydrogen) atoms. The molecule has 4 aromatic rings. The van der Waals surface area contributed by atoms with E-state index in [0.29, 0.717) is 53.8 Å². The van der Waals surface area contributed by atoms with Crippen molar-refractivity contribution in [2.24, 2.45) is 0 Å². The van der Waals surface area contributed by atoms with Gasteiger partial charge in [0.1, 0.15) is 0 Å². The summed E-state index contributed by atoms with van der Waals surface area (Å²) in [7, 11) is 0. The molecule has 4 rings (SSSR count). The Hall–Kier alpha value is -3.39. The fourth-order valence-corrected chi connectivity index (χ4v) is 4.14. The molecule has 0 saturated heterocycles. The summed E-state index contributed by atoms with van der Waals surface area (Å²) in [5, 5.41) is 12.9. The van der Waals surface area contributed by atoms with Gasteiger partial charge in [-0.2, -0.15) is 0 Å². The summed E-state index contributed by atoms with van der Waals surface area (Å²) in [4.78, 5) is 27.1. The van der Waals surface area contributed by atoms with Crippen molar-refractivity contribution in [3.8, 4) is 0 Å². The Morgan fingerprint density at radius 3 is 2.53 bits per heavy atom. The van der Waals surface area contributed by atoms with E-state index in [1.54, 1.807) is 21.6 Å². The molecule has 166 valence electrons. The third kappa shape index (κ3) is 3.71. The monoisotopic (exact) mass is 452 g/mol. The Balaban J connectivity index is 1.66. The van der Waals surface area contributed by atoms with Gasteiger partial charge in [-0.05, 0) is 51.1 Å². The molecular weight excluding hydrogens is 428 g/mol. The molecule has 2 aromatic heterocycles. The van der Waals surface area contributed by atoms with Gasteiger partial charge in [0.05, 0.1) is 28.0 Å². The molecule has 1 amide bonds. The highest BCUT2D eigenvalue weighted by Gasteiger charge is 2.17. The second-order valence-corrected chi connectivity index (χ2v) is 7.75. The molecule has 0 bridgehead atoms. The van der Waals surface area contributed by atoms with Crippen LogP contribution >= 0.6 is 11.6 Å². The van der Waals surface area contributed by atoms with Crippen molar-refractivity contribution in [3.05, 3.63) is 69.2 Å². The number of anilines is 1. The van der Waals surface area contributed by atoms with Crippen LogP contribution in [0, 0.1) is 0 Å². The molecule has 0 fully saturated rings. The minimum atomic E-state index is -0.0843. The van der Waals surface area contributed by atoms with Crippen LogP contribution in [-0.2, 0) is 13.1 Å². The van der Waals surface area contributed by atoms with Gasteiger partial charge in [-0.3, -0.25) is 18.6 Å². The first kappa shape index (κ1) is 21.8. The van der Waals surface area contributed by atoms with Crippen LogP contribution in [0.25, 0.3) is 16.7 Å². The summed E-state index contributed by atoms with van der Waals surface area (Å²) < 4.78 is 3.51. The van der Waals surface area contributed by atoms with Gasteiger partial charge in [0.2, 0.25) is 5.78 Å². The average Bonchev–Trinajstić information content (AvgIpc) is 3.23. The SMILES string of the molecule is CCN(CC)C(=O)c1ccc(NCc2nnc3n(CC)c(=O)c4ccccc4n23)cc1Cl. The van der Waals surface area contributed by atoms with E-state index in [1.807, 2.05) is 55.5 Å². The fraction of sp³-hybridized carbons (Fsp3) is 0.304. The van der Waals surface area contributed by atoms with Gasteiger partial charge in [0, 0.05) is 25.3 Å². The van der Waals surface area contributed by atoms with Crippen molar-refractivity contribution < 1.29 is 4.79 Å². The molecule has 1 N–H and O–H groups in total. The maximum Gasteiger partial charge on any atom is 0.262 e. The van der Waals surface area contributed by atoms with E-state index >= 15 is 0 Å². The van der Waals surface area contributed by atoms with Crippen LogP contribution < -0.4 is 10.9 Å². The zero-order valence-corrected chi connectivity index (χ0v) is 19.1. The highest BCUT2D eigenvalue weighted by Crippen LogP contribution is 2.23. The number of nitrogens with one attached hydrogen (secondary N) is 1. The van der Waals surface area contributed by atoms with Crippen molar-refractivity contribution in [2.75, 3.05) is 18.4 Å². The summed E-state index contributed by atoms with van der Waals surface area (Å²) in [6.07, 6.45) is 0. The number of rotatable bonds is 7. The molecule has 0 aliphatic rings. The van der Waals surface area contributed by atoms with Gasteiger partial charge in [0.15, 0.2) is 5.82 Å². The van der Waals surface area contributed by atoms with Crippen LogP contribution in [0.2, 0.25) is 5.02 Å². The summed E-state index contributed by atoms with van der Waals surface area (Å²) in [5.74, 6) is 1.09. The number of para-hydroxylation sites is 1. The predicted molar refractivity (Wildman–Crippen MR) is 126 cm³/mol. The van der Waals surface area contributed by atoms with Gasteiger partial charge in [-0.15, -0.1) is 10.2 Å². The van der Waals surface area contributed by atoms with Gasteiger partial charge in [0.25, 0.3) is 11.5 Å². The highest BCUT2D eigenvalue weighted by atomic mass is 35.5. The molecule has 0 aliphatic carbocycles. The van der Waals surface area contributed by atoms with Crippen LogP contribution in [0.3, 0.4) is 0 Å². The Morgan fingerprint density at radius 2 is 1.84 bits per heavy atom. The largest absolute Gasteiger partial charge is 0.378 e. The number of benzene rings is 2. The van der Waals surface area contributed by atoms with E-state index in [-0.39, 0.29) is 11.5 Å². The third-order valence-corrected chi connectivity index (χ3v) is 5.90. The molecule has 0 saturated carbocycles. The van der Waals surface area contributed by atoms with Crippen molar-refractivity contribution >= 4 is 39.9 Å². The third-order valence-electron chi connectivity index (χ3n) is 5.59. The first-order chi connectivity index (χ1) is 15.5. The topological polar surface area (TPSA) is 84.5 Å². The fourth-order valence-electron chi connectivity index (χ4n) is 3.87. The van der Waals surface area contributed by atoms with Gasteiger partial charge in [-0.25, -0.2) is 0 Å². The van der Waals surface area contributed by atoms with E-state index in [2.05, 4.69) is 15.5 Å². The number of halogens is 1. The molecule has 2 aromatic carbocycles. The van der Waals surface area contributed by atoms with E-state index in [9.17, 15) is 9.59 Å². The number of hydrogen-bond acceptors (Lipinski definition) is 5. The Bertz CT molecular complexity index is 1360. The molecular formula is C23H25ClN6O2.